The number of ether oxygens (including phenoxy) is 1. The number of carbonyl (C=O) groups is 3. The van der Waals surface area contributed by atoms with E-state index < -0.39 is 30.1 Å². The van der Waals surface area contributed by atoms with E-state index in [1.807, 2.05) is 0 Å². The number of likely N-dealkylation sites (tertiary alicyclic amines) is 1. The Morgan fingerprint density at radius 1 is 1.43 bits per heavy atom. The van der Waals surface area contributed by atoms with Gasteiger partial charge in [-0.15, -0.1) is 0 Å². The lowest BCUT2D eigenvalue weighted by molar-refractivity contribution is -0.142. The topological polar surface area (TPSA) is 116 Å². The molecule has 1 saturated heterocycles. The number of aliphatic hydroxyl groups excluding tert-OH is 1. The predicted molar refractivity (Wildman–Crippen MR) is 72.6 cm³/mol. The molecule has 0 aromatic carbocycles. The van der Waals surface area contributed by atoms with Crippen LogP contribution in [0.2, 0.25) is 0 Å². The first-order valence-electron chi connectivity index (χ1n) is 6.88. The monoisotopic (exact) mass is 302 g/mol. The summed E-state index contributed by atoms with van der Waals surface area (Å²) in [7, 11) is 1.22. The number of hydrogen-bond donors (Lipinski definition) is 3. The molecule has 0 spiro atoms. The maximum Gasteiger partial charge on any atom is 0.326 e. The zero-order valence-corrected chi connectivity index (χ0v) is 12.2. The Balaban J connectivity index is 2.49. The van der Waals surface area contributed by atoms with Gasteiger partial charge in [-0.25, -0.2) is 9.59 Å². The van der Waals surface area contributed by atoms with Gasteiger partial charge in [0.05, 0.1) is 13.2 Å². The average molecular weight is 302 g/mol. The standard InChI is InChI=1S/C13H22N2O6/c1-8(16)9-5-6-15(7-9)13(20)14-10(12(18)19)3-4-11(17)21-2/h8-10,16H,3-7H2,1-2H3,(H,14,20)(H,18,19)/t8?,9?,10-/m0/s1. The van der Waals surface area contributed by atoms with Gasteiger partial charge in [-0.05, 0) is 19.8 Å². The first kappa shape index (κ1) is 17.2. The third-order valence-corrected chi connectivity index (χ3v) is 3.65. The second kappa shape index (κ2) is 7.82. The maximum atomic E-state index is 12.0. The number of carboxylic acids is 1. The van der Waals surface area contributed by atoms with Crippen LogP contribution in [0.3, 0.4) is 0 Å². The highest BCUT2D eigenvalue weighted by atomic mass is 16.5. The molecule has 1 aliphatic heterocycles. The lowest BCUT2D eigenvalue weighted by Crippen LogP contribution is -2.47. The number of urea groups is 1. The quantitative estimate of drug-likeness (QED) is 0.585. The van der Waals surface area contributed by atoms with E-state index in [1.54, 1.807) is 6.92 Å². The molecule has 1 aliphatic rings. The molecule has 0 aromatic rings. The fraction of sp³-hybridized carbons (Fsp3) is 0.769. The van der Waals surface area contributed by atoms with Gasteiger partial charge in [0.1, 0.15) is 6.04 Å². The summed E-state index contributed by atoms with van der Waals surface area (Å²) in [5.74, 6) is -1.71. The van der Waals surface area contributed by atoms with Gasteiger partial charge < -0.3 is 25.2 Å². The second-order valence-electron chi connectivity index (χ2n) is 5.19. The Morgan fingerprint density at radius 2 is 2.10 bits per heavy atom. The molecule has 21 heavy (non-hydrogen) atoms. The molecule has 1 fully saturated rings. The van der Waals surface area contributed by atoms with Crippen LogP contribution in [0.15, 0.2) is 0 Å². The van der Waals surface area contributed by atoms with E-state index in [-0.39, 0.29) is 18.8 Å². The summed E-state index contributed by atoms with van der Waals surface area (Å²) in [5.41, 5.74) is 0. The molecule has 0 saturated carbocycles. The van der Waals surface area contributed by atoms with E-state index in [0.29, 0.717) is 19.5 Å². The molecule has 8 heteroatoms. The van der Waals surface area contributed by atoms with Gasteiger partial charge in [-0.3, -0.25) is 4.79 Å². The Labute approximate surface area is 123 Å². The van der Waals surface area contributed by atoms with E-state index >= 15 is 0 Å². The number of hydrogen-bond acceptors (Lipinski definition) is 5. The number of methoxy groups -OCH3 is 1. The highest BCUT2D eigenvalue weighted by Gasteiger charge is 2.31. The van der Waals surface area contributed by atoms with Gasteiger partial charge in [-0.2, -0.15) is 0 Å². The third-order valence-electron chi connectivity index (χ3n) is 3.65. The maximum absolute atomic E-state index is 12.0. The summed E-state index contributed by atoms with van der Waals surface area (Å²) in [4.78, 5) is 35.6. The minimum absolute atomic E-state index is 0.00842. The zero-order valence-electron chi connectivity index (χ0n) is 12.2. The van der Waals surface area contributed by atoms with E-state index in [2.05, 4.69) is 10.1 Å². The molecular formula is C13H22N2O6. The lowest BCUT2D eigenvalue weighted by atomic mass is 10.0. The number of aliphatic carboxylic acids is 1. The highest BCUT2D eigenvalue weighted by Crippen LogP contribution is 2.19. The minimum atomic E-state index is -1.20. The lowest BCUT2D eigenvalue weighted by Gasteiger charge is -2.21. The number of carbonyl (C=O) groups excluding carboxylic acids is 2. The molecule has 8 nitrogen and oxygen atoms in total. The van der Waals surface area contributed by atoms with Crippen LogP contribution in [0.5, 0.6) is 0 Å². The highest BCUT2D eigenvalue weighted by molar-refractivity contribution is 5.83. The molecular weight excluding hydrogens is 280 g/mol. The molecule has 0 bridgehead atoms. The van der Waals surface area contributed by atoms with Crippen LogP contribution in [-0.4, -0.2) is 65.4 Å². The molecule has 120 valence electrons. The molecule has 0 aliphatic carbocycles. The summed E-state index contributed by atoms with van der Waals surface area (Å²) >= 11 is 0. The van der Waals surface area contributed by atoms with Gasteiger partial charge >= 0.3 is 18.0 Å². The first-order valence-corrected chi connectivity index (χ1v) is 6.88. The first-order chi connectivity index (χ1) is 9.85. The Hall–Kier alpha value is -1.83. The van der Waals surface area contributed by atoms with Crippen LogP contribution in [0, 0.1) is 5.92 Å². The van der Waals surface area contributed by atoms with Crippen molar-refractivity contribution in [2.24, 2.45) is 5.92 Å². The summed E-state index contributed by atoms with van der Waals surface area (Å²) in [6, 6.07) is -1.63. The van der Waals surface area contributed by atoms with E-state index in [0.717, 1.165) is 0 Å². The number of carboxylic acid groups (broad SMARTS) is 1. The van der Waals surface area contributed by atoms with Crippen LogP contribution in [0.1, 0.15) is 26.2 Å². The number of esters is 1. The Bertz CT molecular complexity index is 398. The van der Waals surface area contributed by atoms with Gasteiger partial charge in [0.2, 0.25) is 0 Å². The van der Waals surface area contributed by atoms with E-state index in [4.69, 9.17) is 5.11 Å². The molecule has 3 atom stereocenters. The van der Waals surface area contributed by atoms with Crippen molar-refractivity contribution in [1.82, 2.24) is 10.2 Å². The molecule has 1 heterocycles. The minimum Gasteiger partial charge on any atom is -0.480 e. The Morgan fingerprint density at radius 3 is 2.57 bits per heavy atom. The van der Waals surface area contributed by atoms with Crippen LogP contribution >= 0.6 is 0 Å². The summed E-state index contributed by atoms with van der Waals surface area (Å²) in [5, 5.41) is 21.0. The molecule has 2 unspecified atom stereocenters. The van der Waals surface area contributed by atoms with Crippen LogP contribution in [0.25, 0.3) is 0 Å². The van der Waals surface area contributed by atoms with Crippen LogP contribution in [0.4, 0.5) is 4.79 Å². The van der Waals surface area contributed by atoms with Crippen LogP contribution in [-0.2, 0) is 14.3 Å². The summed E-state index contributed by atoms with van der Waals surface area (Å²) in [6.45, 7) is 2.54. The SMILES string of the molecule is COC(=O)CC[C@H](NC(=O)N1CCC(C(C)O)C1)C(=O)O. The Kier molecular flexibility index (Phi) is 6.41. The predicted octanol–water partition coefficient (Wildman–Crippen LogP) is -0.195. The smallest absolute Gasteiger partial charge is 0.326 e. The molecule has 1 rings (SSSR count). The number of aliphatic hydroxyl groups is 1. The fourth-order valence-corrected chi connectivity index (χ4v) is 2.23. The number of amides is 2. The third kappa shape index (κ3) is 5.22. The van der Waals surface area contributed by atoms with E-state index in [1.165, 1.54) is 12.0 Å². The van der Waals surface area contributed by atoms with Crippen LogP contribution < -0.4 is 5.32 Å². The molecule has 0 radical (unpaired) electrons. The molecule has 3 N–H and O–H groups in total. The van der Waals surface area contributed by atoms with Crippen molar-refractivity contribution >= 4 is 18.0 Å². The number of nitrogens with one attached hydrogen (secondary N) is 1. The number of nitrogens with zero attached hydrogens (tertiary/aromatic N) is 1. The zero-order chi connectivity index (χ0) is 16.0. The average Bonchev–Trinajstić information content (AvgIpc) is 2.92. The van der Waals surface area contributed by atoms with Crippen molar-refractivity contribution in [2.75, 3.05) is 20.2 Å². The van der Waals surface area contributed by atoms with Crippen molar-refractivity contribution in [3.05, 3.63) is 0 Å². The van der Waals surface area contributed by atoms with Crippen molar-refractivity contribution in [3.63, 3.8) is 0 Å². The van der Waals surface area contributed by atoms with Crippen molar-refractivity contribution < 1.29 is 29.3 Å². The molecule has 2 amide bonds. The van der Waals surface area contributed by atoms with Crippen molar-refractivity contribution in [2.45, 2.75) is 38.3 Å². The van der Waals surface area contributed by atoms with Crippen molar-refractivity contribution in [1.29, 1.82) is 0 Å². The van der Waals surface area contributed by atoms with Gasteiger partial charge in [0, 0.05) is 25.4 Å². The summed E-state index contributed by atoms with van der Waals surface area (Å²) in [6.07, 6.45) is 0.0774. The largest absolute Gasteiger partial charge is 0.480 e. The van der Waals surface area contributed by atoms with E-state index in [9.17, 15) is 19.5 Å². The van der Waals surface area contributed by atoms with Gasteiger partial charge in [-0.1, -0.05) is 0 Å². The normalized spacial score (nSPS) is 20.7. The summed E-state index contributed by atoms with van der Waals surface area (Å²) < 4.78 is 4.44. The molecule has 0 aromatic heterocycles. The van der Waals surface area contributed by atoms with Gasteiger partial charge in [0.15, 0.2) is 0 Å². The second-order valence-corrected chi connectivity index (χ2v) is 5.19. The fourth-order valence-electron chi connectivity index (χ4n) is 2.23. The number of rotatable bonds is 6. The van der Waals surface area contributed by atoms with Gasteiger partial charge in [0.25, 0.3) is 0 Å². The van der Waals surface area contributed by atoms with Crippen molar-refractivity contribution in [3.8, 4) is 0 Å².